The summed E-state index contributed by atoms with van der Waals surface area (Å²) in [5.41, 5.74) is -0.673. The molecule has 0 aromatic carbocycles. The Kier molecular flexibility index (Phi) is 3.96. The second-order valence-electron chi connectivity index (χ2n) is 3.67. The molecule has 0 aliphatic carbocycles. The zero-order chi connectivity index (χ0) is 14.0. The fourth-order valence-electron chi connectivity index (χ4n) is 1.23. The summed E-state index contributed by atoms with van der Waals surface area (Å²) in [6.45, 7) is 1.52. The van der Waals surface area contributed by atoms with Crippen molar-refractivity contribution >= 4 is 9.73 Å². The average molecular weight is 277 g/mol. The number of halogens is 3. The van der Waals surface area contributed by atoms with Gasteiger partial charge >= 0.3 is 6.18 Å². The Morgan fingerprint density at radius 2 is 2.11 bits per heavy atom. The van der Waals surface area contributed by atoms with Crippen molar-refractivity contribution in [2.75, 3.05) is 6.26 Å². The van der Waals surface area contributed by atoms with E-state index in [1.165, 1.54) is 25.4 Å². The first-order valence-electron chi connectivity index (χ1n) is 4.80. The van der Waals surface area contributed by atoms with Crippen molar-refractivity contribution < 1.29 is 17.4 Å². The van der Waals surface area contributed by atoms with Gasteiger partial charge in [0.15, 0.2) is 0 Å². The summed E-state index contributed by atoms with van der Waals surface area (Å²) >= 11 is 0. The van der Waals surface area contributed by atoms with Crippen LogP contribution in [0.3, 0.4) is 0 Å². The number of hydrogen-bond acceptors (Lipinski definition) is 4. The van der Waals surface area contributed by atoms with Crippen LogP contribution >= 0.6 is 0 Å². The summed E-state index contributed by atoms with van der Waals surface area (Å²) < 4.78 is 52.1. The van der Waals surface area contributed by atoms with Gasteiger partial charge in [-0.2, -0.15) is 18.4 Å². The summed E-state index contributed by atoms with van der Waals surface area (Å²) in [6.07, 6.45) is -0.784. The van der Waals surface area contributed by atoms with Crippen molar-refractivity contribution in [1.82, 2.24) is 4.98 Å². The van der Waals surface area contributed by atoms with Crippen LogP contribution in [0.2, 0.25) is 0 Å². The lowest BCUT2D eigenvalue weighted by Gasteiger charge is -2.13. The van der Waals surface area contributed by atoms with Gasteiger partial charge < -0.3 is 0 Å². The Morgan fingerprint density at radius 3 is 2.50 bits per heavy atom. The van der Waals surface area contributed by atoms with E-state index in [4.69, 9.17) is 5.26 Å². The summed E-state index contributed by atoms with van der Waals surface area (Å²) in [5, 5.41) is 7.71. The molecular weight excluding hydrogens is 267 g/mol. The van der Waals surface area contributed by atoms with E-state index in [1.807, 2.05) is 0 Å². The molecule has 2 atom stereocenters. The summed E-state index contributed by atoms with van der Waals surface area (Å²) in [5.74, 6) is 0. The molecule has 1 heterocycles. The van der Waals surface area contributed by atoms with Gasteiger partial charge in [0.1, 0.15) is 5.69 Å². The van der Waals surface area contributed by atoms with Crippen molar-refractivity contribution in [3.8, 4) is 6.19 Å². The second kappa shape index (κ2) is 4.94. The zero-order valence-corrected chi connectivity index (χ0v) is 10.4. The Hall–Kier alpha value is -1.62. The van der Waals surface area contributed by atoms with Crippen LogP contribution < -0.4 is 0 Å². The predicted molar refractivity (Wildman–Crippen MR) is 59.8 cm³/mol. The first kappa shape index (κ1) is 14.4. The molecule has 1 aromatic heterocycles. The minimum Gasteiger partial charge on any atom is -0.251 e. The maximum atomic E-state index is 12.3. The highest BCUT2D eigenvalue weighted by Crippen LogP contribution is 2.29. The third kappa shape index (κ3) is 3.20. The molecule has 0 spiro atoms. The van der Waals surface area contributed by atoms with E-state index in [1.54, 1.807) is 0 Å². The van der Waals surface area contributed by atoms with Gasteiger partial charge in [-0.1, -0.05) is 6.07 Å². The molecule has 0 N–H and O–H groups in total. The maximum Gasteiger partial charge on any atom is 0.433 e. The molecule has 1 unspecified atom stereocenters. The summed E-state index contributed by atoms with van der Waals surface area (Å²) in [7, 11) is -2.82. The van der Waals surface area contributed by atoms with E-state index in [0.717, 1.165) is 12.3 Å². The molecule has 0 saturated heterocycles. The van der Waals surface area contributed by atoms with Crippen LogP contribution in [-0.2, 0) is 15.9 Å². The quantitative estimate of drug-likeness (QED) is 0.781. The zero-order valence-electron chi connectivity index (χ0n) is 9.60. The molecular formula is C10H10F3N3OS. The van der Waals surface area contributed by atoms with Crippen LogP contribution in [0.25, 0.3) is 0 Å². The van der Waals surface area contributed by atoms with E-state index in [0.29, 0.717) is 5.56 Å². The topological polar surface area (TPSA) is 66.1 Å². The molecule has 0 bridgehead atoms. The minimum absolute atomic E-state index is 0.342. The fourth-order valence-corrected chi connectivity index (χ4v) is 2.19. The predicted octanol–water partition coefficient (Wildman–Crippen LogP) is 2.74. The lowest BCUT2D eigenvalue weighted by atomic mass is 10.2. The second-order valence-corrected chi connectivity index (χ2v) is 6.28. The number of alkyl halides is 3. The third-order valence-corrected chi connectivity index (χ3v) is 4.45. The molecule has 1 rings (SSSR count). The number of aromatic nitrogens is 1. The average Bonchev–Trinajstić information content (AvgIpc) is 2.27. The first-order chi connectivity index (χ1) is 8.18. The van der Waals surface area contributed by atoms with Crippen LogP contribution in [-0.4, -0.2) is 15.4 Å². The van der Waals surface area contributed by atoms with Crippen molar-refractivity contribution in [3.63, 3.8) is 0 Å². The molecule has 0 radical (unpaired) electrons. The van der Waals surface area contributed by atoms with E-state index in [-0.39, 0.29) is 0 Å². The number of pyridine rings is 1. The van der Waals surface area contributed by atoms with Crippen LogP contribution in [0.1, 0.15) is 23.4 Å². The molecule has 98 valence electrons. The first-order valence-corrected chi connectivity index (χ1v) is 6.79. The number of hydrogen-bond donors (Lipinski definition) is 0. The van der Waals surface area contributed by atoms with Crippen LogP contribution in [0.5, 0.6) is 0 Å². The lowest BCUT2D eigenvalue weighted by molar-refractivity contribution is -0.141. The molecule has 4 nitrogen and oxygen atoms in total. The van der Waals surface area contributed by atoms with Crippen LogP contribution in [0.15, 0.2) is 22.7 Å². The smallest absolute Gasteiger partial charge is 0.251 e. The van der Waals surface area contributed by atoms with Crippen molar-refractivity contribution in [2.24, 2.45) is 4.36 Å². The Balaban J connectivity index is 3.12. The fraction of sp³-hybridized carbons (Fsp3) is 0.400. The van der Waals surface area contributed by atoms with Crippen molar-refractivity contribution in [3.05, 3.63) is 29.6 Å². The SMILES string of the molecule is C[C@@H](c1ccc(C(F)(F)F)nc1)S(C)(=O)=NC#N. The Morgan fingerprint density at radius 1 is 1.50 bits per heavy atom. The summed E-state index contributed by atoms with van der Waals surface area (Å²) in [6, 6.07) is 2.00. The summed E-state index contributed by atoms with van der Waals surface area (Å²) in [4.78, 5) is 3.27. The van der Waals surface area contributed by atoms with Crippen molar-refractivity contribution in [2.45, 2.75) is 18.3 Å². The van der Waals surface area contributed by atoms with E-state index in [2.05, 4.69) is 9.35 Å². The molecule has 1 aromatic rings. The molecule has 0 saturated carbocycles. The highest BCUT2D eigenvalue weighted by atomic mass is 32.2. The monoisotopic (exact) mass is 277 g/mol. The standard InChI is InChI=1S/C10H10F3N3OS/c1-7(18(2,17)16-6-14)8-3-4-9(15-5-8)10(11,12)13/h3-5,7H,1-2H3/t7-,18?/m0/s1. The van der Waals surface area contributed by atoms with Gasteiger partial charge in [0.2, 0.25) is 6.19 Å². The molecule has 0 aliphatic heterocycles. The molecule has 0 fully saturated rings. The van der Waals surface area contributed by atoms with Gasteiger partial charge in [-0.15, -0.1) is 4.36 Å². The molecule has 8 heteroatoms. The largest absolute Gasteiger partial charge is 0.433 e. The maximum absolute atomic E-state index is 12.3. The van der Waals surface area contributed by atoms with Crippen molar-refractivity contribution in [1.29, 1.82) is 5.26 Å². The molecule has 18 heavy (non-hydrogen) atoms. The molecule has 0 aliphatic rings. The third-order valence-electron chi connectivity index (χ3n) is 2.42. The van der Waals surface area contributed by atoms with Crippen LogP contribution in [0, 0.1) is 11.5 Å². The van der Waals surface area contributed by atoms with Crippen LogP contribution in [0.4, 0.5) is 13.2 Å². The van der Waals surface area contributed by atoms with Gasteiger partial charge in [-0.25, -0.2) is 4.21 Å². The van der Waals surface area contributed by atoms with E-state index >= 15 is 0 Å². The van der Waals surface area contributed by atoms with Gasteiger partial charge in [0.25, 0.3) is 0 Å². The van der Waals surface area contributed by atoms with E-state index in [9.17, 15) is 17.4 Å². The Bertz CT molecular complexity index is 580. The van der Waals surface area contributed by atoms with Gasteiger partial charge in [0, 0.05) is 12.5 Å². The highest BCUT2D eigenvalue weighted by Gasteiger charge is 2.32. The number of nitrogens with zero attached hydrogens (tertiary/aromatic N) is 3. The van der Waals surface area contributed by atoms with Gasteiger partial charge in [0.05, 0.1) is 15.0 Å². The minimum atomic E-state index is -4.51. The molecule has 0 amide bonds. The van der Waals surface area contributed by atoms with Gasteiger partial charge in [-0.3, -0.25) is 4.98 Å². The van der Waals surface area contributed by atoms with Gasteiger partial charge in [-0.05, 0) is 18.6 Å². The normalized spacial score (nSPS) is 16.4. The highest BCUT2D eigenvalue weighted by molar-refractivity contribution is 7.93. The number of nitriles is 1. The van der Waals surface area contributed by atoms with E-state index < -0.39 is 26.8 Å². The number of rotatable bonds is 2. The lowest BCUT2D eigenvalue weighted by Crippen LogP contribution is -2.11. The Labute approximate surface area is 103 Å².